The van der Waals surface area contributed by atoms with E-state index in [9.17, 15) is 0 Å². The van der Waals surface area contributed by atoms with E-state index >= 15 is 0 Å². The Labute approximate surface area is 176 Å². The molecule has 0 radical (unpaired) electrons. The molecule has 5 rings (SSSR count). The van der Waals surface area contributed by atoms with E-state index in [2.05, 4.69) is 105 Å². The first-order valence-electron chi connectivity index (χ1n) is 9.98. The fourth-order valence-corrected chi connectivity index (χ4v) is 4.90. The van der Waals surface area contributed by atoms with Crippen LogP contribution in [-0.2, 0) is 0 Å². The average molecular weight is 395 g/mol. The van der Waals surface area contributed by atoms with E-state index in [1.165, 1.54) is 37.6 Å². The highest BCUT2D eigenvalue weighted by molar-refractivity contribution is 8.03. The van der Waals surface area contributed by atoms with E-state index in [0.717, 1.165) is 11.5 Å². The quantitative estimate of drug-likeness (QED) is 0.453. The van der Waals surface area contributed by atoms with Crippen LogP contribution in [0.5, 0.6) is 5.75 Å². The standard InChI is InChI=1S/C27H22OS/c1-18(2)21-13-15-23-25(17-21)29-27-22(14-16-24(27)28-23)26(19-9-5-3-6-10-19)20-11-7-4-8-12-20/h3-18H,1-2H3. The van der Waals surface area contributed by atoms with Gasteiger partial charge in [-0.2, -0.15) is 0 Å². The Balaban J connectivity index is 1.65. The van der Waals surface area contributed by atoms with Crippen molar-refractivity contribution in [3.05, 3.63) is 124 Å². The molecule has 3 aromatic rings. The van der Waals surface area contributed by atoms with Crippen molar-refractivity contribution in [1.82, 2.24) is 0 Å². The Hall–Kier alpha value is -2.97. The van der Waals surface area contributed by atoms with Crippen LogP contribution in [0.25, 0.3) is 5.57 Å². The van der Waals surface area contributed by atoms with Gasteiger partial charge in [-0.1, -0.05) is 92.3 Å². The zero-order valence-corrected chi connectivity index (χ0v) is 17.4. The van der Waals surface area contributed by atoms with Crippen molar-refractivity contribution in [2.24, 2.45) is 0 Å². The minimum Gasteiger partial charge on any atom is -0.455 e. The lowest BCUT2D eigenvalue weighted by atomic mass is 9.93. The second kappa shape index (κ2) is 7.46. The van der Waals surface area contributed by atoms with Crippen LogP contribution in [0.2, 0.25) is 0 Å². The molecule has 29 heavy (non-hydrogen) atoms. The van der Waals surface area contributed by atoms with Crippen LogP contribution in [0.3, 0.4) is 0 Å². The van der Waals surface area contributed by atoms with Crippen molar-refractivity contribution >= 4 is 17.3 Å². The number of thioether (sulfide) groups is 1. The molecular weight excluding hydrogens is 372 g/mol. The lowest BCUT2D eigenvalue weighted by Gasteiger charge is -2.22. The summed E-state index contributed by atoms with van der Waals surface area (Å²) in [4.78, 5) is 2.39. The molecule has 0 bridgehead atoms. The van der Waals surface area contributed by atoms with Crippen molar-refractivity contribution in [2.45, 2.75) is 24.7 Å². The summed E-state index contributed by atoms with van der Waals surface area (Å²) in [5.41, 5.74) is 6.24. The summed E-state index contributed by atoms with van der Waals surface area (Å²) >= 11 is 1.82. The molecule has 2 aliphatic rings. The molecule has 0 unspecified atom stereocenters. The van der Waals surface area contributed by atoms with E-state index in [1.54, 1.807) is 0 Å². The Morgan fingerprint density at radius 1 is 0.793 bits per heavy atom. The van der Waals surface area contributed by atoms with Gasteiger partial charge in [-0.25, -0.2) is 0 Å². The summed E-state index contributed by atoms with van der Waals surface area (Å²) in [7, 11) is 0. The van der Waals surface area contributed by atoms with E-state index in [-0.39, 0.29) is 0 Å². The van der Waals surface area contributed by atoms with Crippen LogP contribution in [0.4, 0.5) is 0 Å². The summed E-state index contributed by atoms with van der Waals surface area (Å²) in [6.45, 7) is 4.46. The lowest BCUT2D eigenvalue weighted by Crippen LogP contribution is -2.03. The number of rotatable bonds is 3. The molecule has 2 heteroatoms. The van der Waals surface area contributed by atoms with Crippen LogP contribution < -0.4 is 4.74 Å². The Bertz CT molecular complexity index is 1110. The summed E-state index contributed by atoms with van der Waals surface area (Å²) in [5.74, 6) is 2.39. The van der Waals surface area contributed by atoms with Gasteiger partial charge in [-0.05, 0) is 52.5 Å². The SMILES string of the molecule is CC(C)c1ccc2c(c1)SC1=C(C=CC1=C(c1ccccc1)c1ccccc1)O2. The van der Waals surface area contributed by atoms with Gasteiger partial charge < -0.3 is 4.74 Å². The monoisotopic (exact) mass is 394 g/mol. The molecule has 0 fully saturated rings. The first-order valence-corrected chi connectivity index (χ1v) is 10.8. The average Bonchev–Trinajstić information content (AvgIpc) is 3.16. The first-order chi connectivity index (χ1) is 14.2. The maximum Gasteiger partial charge on any atom is 0.142 e. The molecule has 1 heterocycles. The minimum absolute atomic E-state index is 0.497. The van der Waals surface area contributed by atoms with Crippen LogP contribution >= 0.6 is 11.8 Å². The molecule has 1 aliphatic carbocycles. The van der Waals surface area contributed by atoms with Gasteiger partial charge in [0.05, 0.1) is 9.80 Å². The molecule has 0 aromatic heterocycles. The third-order valence-electron chi connectivity index (χ3n) is 5.33. The number of fused-ring (bicyclic) bond motifs is 1. The maximum absolute atomic E-state index is 6.28. The highest BCUT2D eigenvalue weighted by Crippen LogP contribution is 2.50. The van der Waals surface area contributed by atoms with Crippen LogP contribution in [0.1, 0.15) is 36.5 Å². The second-order valence-electron chi connectivity index (χ2n) is 7.61. The molecule has 1 aliphatic heterocycles. The van der Waals surface area contributed by atoms with Crippen LogP contribution in [-0.4, -0.2) is 0 Å². The maximum atomic E-state index is 6.28. The molecule has 0 amide bonds. The number of benzene rings is 3. The third-order valence-corrected chi connectivity index (χ3v) is 6.49. The van der Waals surface area contributed by atoms with E-state index < -0.39 is 0 Å². The van der Waals surface area contributed by atoms with E-state index in [0.29, 0.717) is 5.92 Å². The normalized spacial score (nSPS) is 14.7. The smallest absolute Gasteiger partial charge is 0.142 e. The zero-order chi connectivity index (χ0) is 19.8. The largest absolute Gasteiger partial charge is 0.455 e. The Kier molecular flexibility index (Phi) is 4.65. The van der Waals surface area contributed by atoms with Gasteiger partial charge in [-0.15, -0.1) is 0 Å². The Morgan fingerprint density at radius 2 is 1.45 bits per heavy atom. The highest BCUT2D eigenvalue weighted by atomic mass is 32.2. The summed E-state index contributed by atoms with van der Waals surface area (Å²) in [6.07, 6.45) is 4.30. The van der Waals surface area contributed by atoms with Gasteiger partial charge in [0.1, 0.15) is 11.5 Å². The summed E-state index contributed by atoms with van der Waals surface area (Å²) < 4.78 is 6.28. The van der Waals surface area contributed by atoms with Crippen molar-refractivity contribution in [2.75, 3.05) is 0 Å². The molecule has 1 nitrogen and oxygen atoms in total. The van der Waals surface area contributed by atoms with E-state index in [1.807, 2.05) is 11.8 Å². The van der Waals surface area contributed by atoms with Crippen molar-refractivity contribution < 1.29 is 4.74 Å². The van der Waals surface area contributed by atoms with Gasteiger partial charge in [-0.3, -0.25) is 0 Å². The molecule has 0 spiro atoms. The minimum atomic E-state index is 0.497. The molecular formula is C27H22OS. The first kappa shape index (κ1) is 18.1. The third kappa shape index (κ3) is 3.34. The predicted octanol–water partition coefficient (Wildman–Crippen LogP) is 7.58. The fourth-order valence-electron chi connectivity index (χ4n) is 3.79. The van der Waals surface area contributed by atoms with E-state index in [4.69, 9.17) is 4.74 Å². The van der Waals surface area contributed by atoms with Crippen molar-refractivity contribution in [1.29, 1.82) is 0 Å². The molecule has 0 saturated carbocycles. The van der Waals surface area contributed by atoms with Gasteiger partial charge in [0, 0.05) is 5.57 Å². The van der Waals surface area contributed by atoms with Crippen LogP contribution in [0.15, 0.2) is 112 Å². The number of allylic oxidation sites excluding steroid dienone is 3. The second-order valence-corrected chi connectivity index (χ2v) is 8.66. The summed E-state index contributed by atoms with van der Waals surface area (Å²) in [6, 6.07) is 27.8. The zero-order valence-electron chi connectivity index (χ0n) is 16.6. The molecule has 3 aromatic carbocycles. The molecule has 142 valence electrons. The van der Waals surface area contributed by atoms with Gasteiger partial charge in [0.2, 0.25) is 0 Å². The number of hydrogen-bond acceptors (Lipinski definition) is 2. The van der Waals surface area contributed by atoms with Crippen molar-refractivity contribution in [3.63, 3.8) is 0 Å². The van der Waals surface area contributed by atoms with Gasteiger partial charge in [0.15, 0.2) is 0 Å². The number of hydrogen-bond donors (Lipinski definition) is 0. The predicted molar refractivity (Wildman–Crippen MR) is 122 cm³/mol. The molecule has 0 saturated heterocycles. The Morgan fingerprint density at radius 3 is 2.07 bits per heavy atom. The fraction of sp³-hybridized carbons (Fsp3) is 0.111. The highest BCUT2D eigenvalue weighted by Gasteiger charge is 2.28. The van der Waals surface area contributed by atoms with Crippen molar-refractivity contribution in [3.8, 4) is 5.75 Å². The lowest BCUT2D eigenvalue weighted by molar-refractivity contribution is 0.430. The van der Waals surface area contributed by atoms with Gasteiger partial charge >= 0.3 is 0 Å². The topological polar surface area (TPSA) is 9.23 Å². The van der Waals surface area contributed by atoms with Gasteiger partial charge in [0.25, 0.3) is 0 Å². The summed E-state index contributed by atoms with van der Waals surface area (Å²) in [5, 5.41) is 0. The molecule has 0 atom stereocenters. The molecule has 0 N–H and O–H groups in total. The van der Waals surface area contributed by atoms with Crippen LogP contribution in [0, 0.1) is 0 Å². The number of ether oxygens (including phenoxy) is 1.